The van der Waals surface area contributed by atoms with Crippen molar-refractivity contribution in [3.05, 3.63) is 28.1 Å². The van der Waals surface area contributed by atoms with Crippen molar-refractivity contribution in [1.29, 1.82) is 0 Å². The highest BCUT2D eigenvalue weighted by atomic mass is 79.9. The SMILES string of the molecule is Cc1c(Br)ccn2c(C(C)(C)C)nnc12. The number of nitrogens with zero attached hydrogens (tertiary/aromatic N) is 3. The van der Waals surface area contributed by atoms with Crippen molar-refractivity contribution in [2.24, 2.45) is 0 Å². The molecule has 0 spiro atoms. The first-order chi connectivity index (χ1) is 6.91. The van der Waals surface area contributed by atoms with Crippen LogP contribution in [0.1, 0.15) is 32.2 Å². The van der Waals surface area contributed by atoms with Crippen LogP contribution in [0.5, 0.6) is 0 Å². The molecule has 0 atom stereocenters. The Kier molecular flexibility index (Phi) is 2.34. The van der Waals surface area contributed by atoms with Crippen LogP contribution in [-0.2, 0) is 5.41 Å². The second-order valence-corrected chi connectivity index (χ2v) is 5.61. The number of pyridine rings is 1. The van der Waals surface area contributed by atoms with Crippen molar-refractivity contribution in [3.8, 4) is 0 Å². The molecule has 0 aliphatic carbocycles. The fourth-order valence-electron chi connectivity index (χ4n) is 1.57. The number of halogens is 1. The first-order valence-corrected chi connectivity index (χ1v) is 5.71. The Balaban J connectivity index is 2.78. The monoisotopic (exact) mass is 267 g/mol. The van der Waals surface area contributed by atoms with Crippen molar-refractivity contribution in [1.82, 2.24) is 14.6 Å². The maximum absolute atomic E-state index is 4.26. The first-order valence-electron chi connectivity index (χ1n) is 4.91. The molecule has 0 radical (unpaired) electrons. The summed E-state index contributed by atoms with van der Waals surface area (Å²) in [5.41, 5.74) is 2.06. The van der Waals surface area contributed by atoms with Gasteiger partial charge in [-0.25, -0.2) is 0 Å². The van der Waals surface area contributed by atoms with Crippen LogP contribution in [0.25, 0.3) is 5.65 Å². The van der Waals surface area contributed by atoms with Gasteiger partial charge in [-0.05, 0) is 13.0 Å². The summed E-state index contributed by atoms with van der Waals surface area (Å²) in [7, 11) is 0. The van der Waals surface area contributed by atoms with E-state index < -0.39 is 0 Å². The van der Waals surface area contributed by atoms with Gasteiger partial charge in [0.1, 0.15) is 5.82 Å². The molecule has 3 nitrogen and oxygen atoms in total. The molecule has 0 saturated heterocycles. The molecule has 80 valence electrons. The third kappa shape index (κ3) is 1.67. The molecule has 0 aliphatic rings. The van der Waals surface area contributed by atoms with E-state index in [1.807, 2.05) is 19.2 Å². The van der Waals surface area contributed by atoms with Crippen molar-refractivity contribution < 1.29 is 0 Å². The summed E-state index contributed by atoms with van der Waals surface area (Å²) < 4.78 is 3.13. The van der Waals surface area contributed by atoms with Crippen LogP contribution in [0.2, 0.25) is 0 Å². The lowest BCUT2D eigenvalue weighted by atomic mass is 9.96. The van der Waals surface area contributed by atoms with Crippen molar-refractivity contribution >= 4 is 21.6 Å². The number of aromatic nitrogens is 3. The van der Waals surface area contributed by atoms with E-state index in [2.05, 4.69) is 51.3 Å². The third-order valence-corrected chi connectivity index (χ3v) is 3.29. The maximum Gasteiger partial charge on any atom is 0.164 e. The third-order valence-electron chi connectivity index (χ3n) is 2.43. The molecule has 2 aromatic heterocycles. The van der Waals surface area contributed by atoms with E-state index in [-0.39, 0.29) is 5.41 Å². The molecule has 0 fully saturated rings. The summed E-state index contributed by atoms with van der Waals surface area (Å²) in [4.78, 5) is 0. The Morgan fingerprint density at radius 2 is 1.93 bits per heavy atom. The zero-order valence-electron chi connectivity index (χ0n) is 9.37. The summed E-state index contributed by atoms with van der Waals surface area (Å²) in [6.07, 6.45) is 2.01. The predicted molar refractivity (Wildman–Crippen MR) is 64.1 cm³/mol. The van der Waals surface area contributed by atoms with E-state index >= 15 is 0 Å². The summed E-state index contributed by atoms with van der Waals surface area (Å²) in [5.74, 6) is 0.994. The average molecular weight is 268 g/mol. The van der Waals surface area contributed by atoms with Gasteiger partial charge >= 0.3 is 0 Å². The molecule has 0 aliphatic heterocycles. The topological polar surface area (TPSA) is 30.2 Å². The standard InChI is InChI=1S/C11H14BrN3/c1-7-8(12)5-6-15-9(7)13-14-10(15)11(2,3)4/h5-6H,1-4H3. The quantitative estimate of drug-likeness (QED) is 0.735. The lowest BCUT2D eigenvalue weighted by Gasteiger charge is -2.15. The van der Waals surface area contributed by atoms with Crippen LogP contribution >= 0.6 is 15.9 Å². The van der Waals surface area contributed by atoms with Gasteiger partial charge in [-0.15, -0.1) is 10.2 Å². The Bertz CT molecular complexity index is 508. The predicted octanol–water partition coefficient (Wildman–Crippen LogP) is 3.10. The van der Waals surface area contributed by atoms with Gasteiger partial charge in [-0.1, -0.05) is 36.7 Å². The number of rotatable bonds is 0. The van der Waals surface area contributed by atoms with Gasteiger partial charge in [0.05, 0.1) is 0 Å². The highest BCUT2D eigenvalue weighted by Gasteiger charge is 2.21. The van der Waals surface area contributed by atoms with Crippen molar-refractivity contribution in [3.63, 3.8) is 0 Å². The number of hydrogen-bond donors (Lipinski definition) is 0. The second-order valence-electron chi connectivity index (χ2n) is 4.76. The summed E-state index contributed by atoms with van der Waals surface area (Å²) in [6.45, 7) is 8.46. The fourth-order valence-corrected chi connectivity index (χ4v) is 1.87. The van der Waals surface area contributed by atoms with E-state index in [0.717, 1.165) is 21.5 Å². The Hall–Kier alpha value is -0.900. The highest BCUT2D eigenvalue weighted by Crippen LogP contribution is 2.25. The van der Waals surface area contributed by atoms with Gasteiger partial charge in [0, 0.05) is 21.6 Å². The highest BCUT2D eigenvalue weighted by molar-refractivity contribution is 9.10. The van der Waals surface area contributed by atoms with Crippen LogP contribution in [0.4, 0.5) is 0 Å². The number of fused-ring (bicyclic) bond motifs is 1. The smallest absolute Gasteiger partial charge is 0.164 e. The Morgan fingerprint density at radius 3 is 2.53 bits per heavy atom. The Morgan fingerprint density at radius 1 is 1.27 bits per heavy atom. The minimum atomic E-state index is 0.0136. The van der Waals surface area contributed by atoms with Crippen molar-refractivity contribution in [2.75, 3.05) is 0 Å². The minimum Gasteiger partial charge on any atom is -0.286 e. The van der Waals surface area contributed by atoms with E-state index in [1.54, 1.807) is 0 Å². The average Bonchev–Trinajstić information content (AvgIpc) is 2.54. The normalized spacial score (nSPS) is 12.3. The molecule has 0 saturated carbocycles. The molecular weight excluding hydrogens is 254 g/mol. The number of hydrogen-bond acceptors (Lipinski definition) is 2. The zero-order chi connectivity index (χ0) is 11.2. The van der Waals surface area contributed by atoms with E-state index in [1.165, 1.54) is 0 Å². The lowest BCUT2D eigenvalue weighted by molar-refractivity contribution is 0.538. The largest absolute Gasteiger partial charge is 0.286 e. The van der Waals surface area contributed by atoms with Crippen LogP contribution in [0.3, 0.4) is 0 Å². The van der Waals surface area contributed by atoms with Gasteiger partial charge in [0.25, 0.3) is 0 Å². The van der Waals surface area contributed by atoms with Gasteiger partial charge in [0.2, 0.25) is 0 Å². The van der Waals surface area contributed by atoms with E-state index in [4.69, 9.17) is 0 Å². The van der Waals surface area contributed by atoms with Crippen LogP contribution in [0, 0.1) is 6.92 Å². The van der Waals surface area contributed by atoms with Gasteiger partial charge in [-0.2, -0.15) is 0 Å². The molecule has 2 heterocycles. The minimum absolute atomic E-state index is 0.0136. The van der Waals surface area contributed by atoms with Gasteiger partial charge in [0.15, 0.2) is 5.65 Å². The lowest BCUT2D eigenvalue weighted by Crippen LogP contribution is -2.15. The molecule has 2 aromatic rings. The molecule has 0 amide bonds. The summed E-state index contributed by atoms with van der Waals surface area (Å²) in [5, 5.41) is 8.49. The first kappa shape index (κ1) is 10.6. The van der Waals surface area contributed by atoms with Gasteiger partial charge < -0.3 is 0 Å². The maximum atomic E-state index is 4.26. The van der Waals surface area contributed by atoms with Gasteiger partial charge in [-0.3, -0.25) is 4.40 Å². The summed E-state index contributed by atoms with van der Waals surface area (Å²) in [6, 6.07) is 2.03. The molecule has 0 bridgehead atoms. The van der Waals surface area contributed by atoms with Crippen LogP contribution < -0.4 is 0 Å². The van der Waals surface area contributed by atoms with E-state index in [0.29, 0.717) is 0 Å². The van der Waals surface area contributed by atoms with Crippen LogP contribution in [0.15, 0.2) is 16.7 Å². The molecule has 0 N–H and O–H groups in total. The van der Waals surface area contributed by atoms with Crippen LogP contribution in [-0.4, -0.2) is 14.6 Å². The molecule has 4 heteroatoms. The molecular formula is C11H14BrN3. The zero-order valence-corrected chi connectivity index (χ0v) is 11.0. The fraction of sp³-hybridized carbons (Fsp3) is 0.455. The molecule has 0 aromatic carbocycles. The second kappa shape index (κ2) is 3.30. The number of aryl methyl sites for hydroxylation is 1. The molecule has 15 heavy (non-hydrogen) atoms. The Labute approximate surface area is 97.6 Å². The van der Waals surface area contributed by atoms with Crippen molar-refractivity contribution in [2.45, 2.75) is 33.1 Å². The van der Waals surface area contributed by atoms with E-state index in [9.17, 15) is 0 Å². The molecule has 0 unspecified atom stereocenters. The molecule has 2 rings (SSSR count). The summed E-state index contributed by atoms with van der Waals surface area (Å²) >= 11 is 3.49.